The van der Waals surface area contributed by atoms with Gasteiger partial charge in [0.2, 0.25) is 0 Å². The maximum atomic E-state index is 13.8. The summed E-state index contributed by atoms with van der Waals surface area (Å²) in [6.45, 7) is 0. The second kappa shape index (κ2) is 7.24. The fourth-order valence-corrected chi connectivity index (χ4v) is 3.41. The molecule has 0 saturated heterocycles. The molecule has 7 nitrogen and oxygen atoms in total. The van der Waals surface area contributed by atoms with E-state index in [1.807, 2.05) is 0 Å². The first-order valence-corrected chi connectivity index (χ1v) is 9.14. The second-order valence-corrected chi connectivity index (χ2v) is 7.12. The van der Waals surface area contributed by atoms with Crippen LogP contribution in [-0.4, -0.2) is 39.4 Å². The molecule has 0 spiro atoms. The Morgan fingerprint density at radius 1 is 1.06 bits per heavy atom. The van der Waals surface area contributed by atoms with Crippen LogP contribution in [0.3, 0.4) is 0 Å². The Labute approximate surface area is 178 Å². The minimum Gasteiger partial charge on any atom is -0.322 e. The van der Waals surface area contributed by atoms with Crippen molar-refractivity contribution in [3.05, 3.63) is 76.1 Å². The third kappa shape index (κ3) is 3.55. The Morgan fingerprint density at radius 2 is 1.77 bits per heavy atom. The molecule has 158 valence electrons. The van der Waals surface area contributed by atoms with Crippen LogP contribution >= 0.6 is 11.6 Å². The number of nitrogens with one attached hydrogen (secondary N) is 1. The summed E-state index contributed by atoms with van der Waals surface area (Å²) in [5.74, 6) is -2.15. The minimum absolute atomic E-state index is 0.0311. The molecule has 1 N–H and O–H groups in total. The number of aromatic nitrogens is 2. The monoisotopic (exact) mass is 448 g/mol. The highest BCUT2D eigenvalue weighted by atomic mass is 35.5. The number of hydrogen-bond acceptors (Lipinski definition) is 4. The van der Waals surface area contributed by atoms with Crippen molar-refractivity contribution in [2.24, 2.45) is 0 Å². The standard InChI is InChI=1S/C20H12ClF3N4O3/c1-27-18(30)13-6-5-11(8-14(13)19(27)31)26-17(29)15-9-25-28(16(15)20(22,23)24)12-4-2-3-10(21)7-12/h2-9H,1H3,(H,26,29). The number of imide groups is 1. The van der Waals surface area contributed by atoms with E-state index in [2.05, 4.69) is 10.4 Å². The van der Waals surface area contributed by atoms with Crippen LogP contribution in [0.1, 0.15) is 36.8 Å². The Morgan fingerprint density at radius 3 is 2.45 bits per heavy atom. The first-order chi connectivity index (χ1) is 14.6. The molecule has 4 rings (SSSR count). The highest BCUT2D eigenvalue weighted by molar-refractivity contribution is 6.30. The number of halogens is 4. The van der Waals surface area contributed by atoms with Crippen LogP contribution in [0, 0.1) is 0 Å². The molecular formula is C20H12ClF3N4O3. The number of fused-ring (bicyclic) bond motifs is 1. The van der Waals surface area contributed by atoms with Crippen molar-refractivity contribution >= 4 is 35.0 Å². The molecule has 3 aromatic rings. The van der Waals surface area contributed by atoms with Gasteiger partial charge in [0, 0.05) is 17.8 Å². The molecule has 2 heterocycles. The minimum atomic E-state index is -4.89. The van der Waals surface area contributed by atoms with Crippen LogP contribution in [0.15, 0.2) is 48.7 Å². The molecule has 2 aromatic carbocycles. The van der Waals surface area contributed by atoms with E-state index >= 15 is 0 Å². The summed E-state index contributed by atoms with van der Waals surface area (Å²) in [6, 6.07) is 9.50. The third-order valence-corrected chi connectivity index (χ3v) is 4.92. The van der Waals surface area contributed by atoms with Crippen LogP contribution in [0.4, 0.5) is 18.9 Å². The van der Waals surface area contributed by atoms with Gasteiger partial charge in [-0.15, -0.1) is 0 Å². The van der Waals surface area contributed by atoms with Crippen LogP contribution < -0.4 is 5.32 Å². The molecule has 0 bridgehead atoms. The Kier molecular flexibility index (Phi) is 4.81. The van der Waals surface area contributed by atoms with E-state index in [9.17, 15) is 27.6 Å². The van der Waals surface area contributed by atoms with E-state index in [1.165, 1.54) is 49.5 Å². The van der Waals surface area contributed by atoms with Gasteiger partial charge in [0.1, 0.15) is 0 Å². The molecule has 0 unspecified atom stereocenters. The molecule has 0 radical (unpaired) electrons. The normalized spacial score (nSPS) is 13.5. The van der Waals surface area contributed by atoms with Crippen molar-refractivity contribution in [3.8, 4) is 5.69 Å². The van der Waals surface area contributed by atoms with Crippen molar-refractivity contribution < 1.29 is 27.6 Å². The number of alkyl halides is 3. The Balaban J connectivity index is 1.70. The van der Waals surface area contributed by atoms with Gasteiger partial charge in [-0.05, 0) is 36.4 Å². The predicted molar refractivity (Wildman–Crippen MR) is 104 cm³/mol. The number of benzene rings is 2. The van der Waals surface area contributed by atoms with Gasteiger partial charge < -0.3 is 5.32 Å². The molecule has 0 saturated carbocycles. The van der Waals surface area contributed by atoms with E-state index in [0.717, 1.165) is 11.1 Å². The maximum Gasteiger partial charge on any atom is 0.434 e. The number of nitrogens with zero attached hydrogens (tertiary/aromatic N) is 3. The number of rotatable bonds is 3. The highest BCUT2D eigenvalue weighted by Gasteiger charge is 2.41. The average Bonchev–Trinajstić information content (AvgIpc) is 3.25. The van der Waals surface area contributed by atoms with Crippen molar-refractivity contribution in [3.63, 3.8) is 0 Å². The molecule has 11 heteroatoms. The Hall–Kier alpha value is -3.66. The Bertz CT molecular complexity index is 1250. The number of amides is 3. The van der Waals surface area contributed by atoms with Crippen molar-refractivity contribution in [2.45, 2.75) is 6.18 Å². The quantitative estimate of drug-likeness (QED) is 0.613. The SMILES string of the molecule is CN1C(=O)c2ccc(NC(=O)c3cnn(-c4cccc(Cl)c4)c3C(F)(F)F)cc2C1=O. The lowest BCUT2D eigenvalue weighted by Gasteiger charge is -2.13. The number of hydrogen-bond donors (Lipinski definition) is 1. The summed E-state index contributed by atoms with van der Waals surface area (Å²) in [7, 11) is 1.31. The van der Waals surface area contributed by atoms with Crippen LogP contribution in [0.5, 0.6) is 0 Å². The summed E-state index contributed by atoms with van der Waals surface area (Å²) in [5, 5.41) is 6.25. The van der Waals surface area contributed by atoms with E-state index in [4.69, 9.17) is 11.6 Å². The lowest BCUT2D eigenvalue weighted by molar-refractivity contribution is -0.143. The summed E-state index contributed by atoms with van der Waals surface area (Å²) in [5.41, 5.74) is -1.70. The summed E-state index contributed by atoms with van der Waals surface area (Å²) in [4.78, 5) is 37.6. The zero-order valence-electron chi connectivity index (χ0n) is 15.7. The van der Waals surface area contributed by atoms with Gasteiger partial charge in [-0.2, -0.15) is 18.3 Å². The number of carbonyl (C=O) groups excluding carboxylic acids is 3. The van der Waals surface area contributed by atoms with Gasteiger partial charge in [-0.25, -0.2) is 4.68 Å². The lowest BCUT2D eigenvalue weighted by Crippen LogP contribution is -2.24. The molecular weight excluding hydrogens is 437 g/mol. The van der Waals surface area contributed by atoms with Gasteiger partial charge in [-0.3, -0.25) is 19.3 Å². The van der Waals surface area contributed by atoms with Crippen LogP contribution in [0.25, 0.3) is 5.69 Å². The van der Waals surface area contributed by atoms with Crippen molar-refractivity contribution in [1.29, 1.82) is 0 Å². The zero-order valence-corrected chi connectivity index (χ0v) is 16.5. The van der Waals surface area contributed by atoms with Gasteiger partial charge in [-0.1, -0.05) is 17.7 Å². The van der Waals surface area contributed by atoms with Crippen LogP contribution in [-0.2, 0) is 6.18 Å². The van der Waals surface area contributed by atoms with E-state index in [-0.39, 0.29) is 27.5 Å². The molecule has 0 atom stereocenters. The average molecular weight is 449 g/mol. The highest BCUT2D eigenvalue weighted by Crippen LogP contribution is 2.34. The van der Waals surface area contributed by atoms with Gasteiger partial charge >= 0.3 is 6.18 Å². The smallest absolute Gasteiger partial charge is 0.322 e. The second-order valence-electron chi connectivity index (χ2n) is 6.68. The van der Waals surface area contributed by atoms with E-state index in [0.29, 0.717) is 4.68 Å². The van der Waals surface area contributed by atoms with Gasteiger partial charge in [0.15, 0.2) is 5.69 Å². The topological polar surface area (TPSA) is 84.3 Å². The van der Waals surface area contributed by atoms with Gasteiger partial charge in [0.25, 0.3) is 17.7 Å². The fourth-order valence-electron chi connectivity index (χ4n) is 3.23. The third-order valence-electron chi connectivity index (χ3n) is 4.68. The van der Waals surface area contributed by atoms with E-state index < -0.39 is 35.2 Å². The molecule has 1 aliphatic heterocycles. The maximum absolute atomic E-state index is 13.8. The number of anilines is 1. The molecule has 3 amide bonds. The number of carbonyl (C=O) groups is 3. The lowest BCUT2D eigenvalue weighted by atomic mass is 10.1. The fraction of sp³-hybridized carbons (Fsp3) is 0.100. The van der Waals surface area contributed by atoms with Crippen molar-refractivity contribution in [2.75, 3.05) is 12.4 Å². The molecule has 0 fully saturated rings. The van der Waals surface area contributed by atoms with E-state index in [1.54, 1.807) is 0 Å². The van der Waals surface area contributed by atoms with Crippen molar-refractivity contribution in [1.82, 2.24) is 14.7 Å². The largest absolute Gasteiger partial charge is 0.434 e. The first-order valence-electron chi connectivity index (χ1n) is 8.77. The first kappa shape index (κ1) is 20.6. The van der Waals surface area contributed by atoms with Crippen LogP contribution in [0.2, 0.25) is 5.02 Å². The van der Waals surface area contributed by atoms with Gasteiger partial charge in [0.05, 0.1) is 28.6 Å². The summed E-state index contributed by atoms with van der Waals surface area (Å²) < 4.78 is 41.9. The molecule has 1 aromatic heterocycles. The molecule has 1 aliphatic rings. The predicted octanol–water partition coefficient (Wildman–Crippen LogP) is 4.02. The molecule has 31 heavy (non-hydrogen) atoms. The summed E-state index contributed by atoms with van der Waals surface area (Å²) in [6.07, 6.45) is -4.09. The molecule has 0 aliphatic carbocycles. The summed E-state index contributed by atoms with van der Waals surface area (Å²) >= 11 is 5.86. The zero-order chi connectivity index (χ0) is 22.5.